The molecule has 1 aliphatic rings. The summed E-state index contributed by atoms with van der Waals surface area (Å²) in [6.07, 6.45) is 0.656. The van der Waals surface area contributed by atoms with Crippen LogP contribution in [0, 0.1) is 11.3 Å². The number of aliphatic hydroxyl groups excluding tert-OH is 1. The molecule has 0 radical (unpaired) electrons. The lowest BCUT2D eigenvalue weighted by Gasteiger charge is -2.22. The number of aromatic hydroxyl groups is 1. The van der Waals surface area contributed by atoms with E-state index in [2.05, 4.69) is 24.2 Å². The highest BCUT2D eigenvalue weighted by atomic mass is 16.5. The minimum absolute atomic E-state index is 0.0806. The van der Waals surface area contributed by atoms with Gasteiger partial charge in [0.2, 0.25) is 6.35 Å². The van der Waals surface area contributed by atoms with E-state index in [1.54, 1.807) is 18.2 Å². The molecule has 6 N–H and O–H groups in total. The molecular formula is C21H24N4O3. The van der Waals surface area contributed by atoms with Gasteiger partial charge >= 0.3 is 0 Å². The average molecular weight is 380 g/mol. The van der Waals surface area contributed by atoms with Crippen LogP contribution in [0.1, 0.15) is 30.5 Å². The van der Waals surface area contributed by atoms with E-state index in [0.717, 1.165) is 5.56 Å². The zero-order valence-electron chi connectivity index (χ0n) is 15.8. The number of benzene rings is 2. The van der Waals surface area contributed by atoms with Crippen LogP contribution in [0.4, 0.5) is 0 Å². The summed E-state index contributed by atoms with van der Waals surface area (Å²) in [5.41, 5.74) is 8.33. The maximum atomic E-state index is 10.2. The van der Waals surface area contributed by atoms with E-state index in [9.17, 15) is 10.2 Å². The molecule has 0 aliphatic carbocycles. The van der Waals surface area contributed by atoms with Crippen molar-refractivity contribution >= 4 is 17.2 Å². The first-order valence-corrected chi connectivity index (χ1v) is 8.99. The normalized spacial score (nSPS) is 16.2. The molecule has 0 spiro atoms. The van der Waals surface area contributed by atoms with Crippen LogP contribution in [0.25, 0.3) is 5.70 Å². The Labute approximate surface area is 163 Å². The molecule has 1 heterocycles. The van der Waals surface area contributed by atoms with E-state index < -0.39 is 6.35 Å². The van der Waals surface area contributed by atoms with Gasteiger partial charge in [-0.2, -0.15) is 0 Å². The highest BCUT2D eigenvalue weighted by Gasteiger charge is 2.19. The molecule has 28 heavy (non-hydrogen) atoms. The molecule has 1 atom stereocenters. The van der Waals surface area contributed by atoms with Crippen LogP contribution >= 0.6 is 0 Å². The summed E-state index contributed by atoms with van der Waals surface area (Å²) in [5, 5.41) is 30.6. The van der Waals surface area contributed by atoms with Crippen LogP contribution in [-0.4, -0.2) is 34.7 Å². The Bertz CT molecular complexity index is 950. The van der Waals surface area contributed by atoms with Gasteiger partial charge in [0.05, 0.1) is 23.6 Å². The fourth-order valence-electron chi connectivity index (χ4n) is 2.81. The molecule has 3 rings (SSSR count). The van der Waals surface area contributed by atoms with E-state index >= 15 is 0 Å². The summed E-state index contributed by atoms with van der Waals surface area (Å²) < 4.78 is 5.91. The van der Waals surface area contributed by atoms with Gasteiger partial charge < -0.3 is 26.0 Å². The summed E-state index contributed by atoms with van der Waals surface area (Å²) in [5.74, 6) is 0.763. The number of para-hydroxylation sites is 1. The summed E-state index contributed by atoms with van der Waals surface area (Å²) in [7, 11) is 0. The highest BCUT2D eigenvalue weighted by Crippen LogP contribution is 2.28. The molecule has 146 valence electrons. The third kappa shape index (κ3) is 4.32. The lowest BCUT2D eigenvalue weighted by atomic mass is 10.0. The molecule has 0 saturated carbocycles. The molecular weight excluding hydrogens is 356 g/mol. The van der Waals surface area contributed by atoms with E-state index in [4.69, 9.17) is 15.9 Å². The number of phenolic OH excluding ortho intramolecular Hbond substituents is 1. The van der Waals surface area contributed by atoms with Crippen LogP contribution in [-0.2, 0) is 0 Å². The second kappa shape index (κ2) is 8.14. The lowest BCUT2D eigenvalue weighted by molar-refractivity contribution is 0.165. The maximum absolute atomic E-state index is 10.2. The number of nitrogen functional groups attached to an aromatic ring is 1. The van der Waals surface area contributed by atoms with Gasteiger partial charge in [-0.15, -0.1) is 0 Å². The van der Waals surface area contributed by atoms with Crippen molar-refractivity contribution < 1.29 is 14.9 Å². The number of nitrogens with two attached hydrogens (primary N) is 1. The second-order valence-corrected chi connectivity index (χ2v) is 6.94. The van der Waals surface area contributed by atoms with Crippen LogP contribution in [0.5, 0.6) is 11.5 Å². The van der Waals surface area contributed by atoms with Crippen molar-refractivity contribution in [1.82, 2.24) is 5.32 Å². The smallest absolute Gasteiger partial charge is 0.223 e. The van der Waals surface area contributed by atoms with Crippen molar-refractivity contribution in [2.75, 3.05) is 6.61 Å². The molecule has 2 aromatic carbocycles. The summed E-state index contributed by atoms with van der Waals surface area (Å²) >= 11 is 0. The first-order valence-electron chi connectivity index (χ1n) is 8.99. The van der Waals surface area contributed by atoms with Gasteiger partial charge in [-0.1, -0.05) is 26.0 Å². The van der Waals surface area contributed by atoms with Gasteiger partial charge in [0.15, 0.2) is 0 Å². The Morgan fingerprint density at radius 3 is 2.75 bits per heavy atom. The zero-order valence-corrected chi connectivity index (χ0v) is 15.8. The Morgan fingerprint density at radius 1 is 1.29 bits per heavy atom. The number of nitrogens with zero attached hydrogens (tertiary/aromatic N) is 1. The predicted octanol–water partition coefficient (Wildman–Crippen LogP) is 2.42. The third-order valence-corrected chi connectivity index (χ3v) is 4.16. The molecule has 0 saturated heterocycles. The van der Waals surface area contributed by atoms with E-state index in [-0.39, 0.29) is 17.1 Å². The Balaban J connectivity index is 1.99. The number of hydrogen-bond donors (Lipinski definition) is 5. The highest BCUT2D eigenvalue weighted by molar-refractivity contribution is 6.14. The molecule has 7 nitrogen and oxygen atoms in total. The van der Waals surface area contributed by atoms with Gasteiger partial charge in [0.25, 0.3) is 0 Å². The topological polar surface area (TPSA) is 124 Å². The van der Waals surface area contributed by atoms with Crippen LogP contribution in [0.3, 0.4) is 0 Å². The first-order chi connectivity index (χ1) is 13.3. The largest absolute Gasteiger partial charge is 0.507 e. The summed E-state index contributed by atoms with van der Waals surface area (Å²) in [4.78, 5) is 4.21. The number of aliphatic hydroxyl groups is 1. The Kier molecular flexibility index (Phi) is 5.65. The first kappa shape index (κ1) is 19.4. The Hall–Kier alpha value is -3.32. The SMILES string of the molecule is CC(C)COc1ccccc1C1=CC(c2ccc(O)c(C(=N)N)c2)=NC(O)N1. The van der Waals surface area contributed by atoms with Gasteiger partial charge in [0.1, 0.15) is 17.3 Å². The monoisotopic (exact) mass is 380 g/mol. The standard InChI is InChI=1S/C21H24N4O3/c1-12(2)11-28-19-6-4-3-5-14(19)17-10-16(24-21(27)25-17)13-7-8-18(26)15(9-13)20(22)23/h3-10,12,21,25-27H,11H2,1-2H3,(H3,22,23). The van der Waals surface area contributed by atoms with E-state index in [1.165, 1.54) is 6.07 Å². The molecule has 0 aromatic heterocycles. The molecule has 1 aliphatic heterocycles. The maximum Gasteiger partial charge on any atom is 0.223 e. The minimum atomic E-state index is -1.14. The quantitative estimate of drug-likeness (QED) is 0.389. The Morgan fingerprint density at radius 2 is 2.04 bits per heavy atom. The van der Waals surface area contributed by atoms with Crippen molar-refractivity contribution in [3.05, 3.63) is 65.2 Å². The van der Waals surface area contributed by atoms with Gasteiger partial charge in [-0.25, -0.2) is 4.99 Å². The average Bonchev–Trinajstić information content (AvgIpc) is 2.66. The summed E-state index contributed by atoms with van der Waals surface area (Å²) in [6.45, 7) is 4.73. The van der Waals surface area contributed by atoms with Crippen molar-refractivity contribution in [2.24, 2.45) is 16.6 Å². The molecule has 1 unspecified atom stereocenters. The van der Waals surface area contributed by atoms with Crippen molar-refractivity contribution in [2.45, 2.75) is 20.2 Å². The van der Waals surface area contributed by atoms with E-state index in [1.807, 2.05) is 24.3 Å². The van der Waals surface area contributed by atoms with Crippen LogP contribution in [0.2, 0.25) is 0 Å². The van der Waals surface area contributed by atoms with Crippen molar-refractivity contribution in [3.8, 4) is 11.5 Å². The van der Waals surface area contributed by atoms with Crippen LogP contribution in [0.15, 0.2) is 53.5 Å². The fourth-order valence-corrected chi connectivity index (χ4v) is 2.81. The third-order valence-electron chi connectivity index (χ3n) is 4.16. The molecule has 7 heteroatoms. The lowest BCUT2D eigenvalue weighted by Crippen LogP contribution is -2.31. The molecule has 0 bridgehead atoms. The molecule has 2 aromatic rings. The number of hydrogen-bond acceptors (Lipinski definition) is 6. The van der Waals surface area contributed by atoms with Gasteiger partial charge in [-0.05, 0) is 42.3 Å². The van der Waals surface area contributed by atoms with Gasteiger partial charge in [0, 0.05) is 11.1 Å². The number of amidine groups is 1. The number of phenols is 1. The molecule has 0 fully saturated rings. The number of ether oxygens (including phenoxy) is 1. The van der Waals surface area contributed by atoms with Crippen molar-refractivity contribution in [3.63, 3.8) is 0 Å². The number of nitrogens with one attached hydrogen (secondary N) is 2. The number of rotatable bonds is 6. The fraction of sp³-hybridized carbons (Fsp3) is 0.238. The molecule has 0 amide bonds. The minimum Gasteiger partial charge on any atom is -0.507 e. The zero-order chi connectivity index (χ0) is 20.3. The van der Waals surface area contributed by atoms with Crippen molar-refractivity contribution in [1.29, 1.82) is 5.41 Å². The number of aliphatic imine (C=N–C) groups is 1. The predicted molar refractivity (Wildman–Crippen MR) is 110 cm³/mol. The van der Waals surface area contributed by atoms with Crippen LogP contribution < -0.4 is 15.8 Å². The second-order valence-electron chi connectivity index (χ2n) is 6.94. The van der Waals surface area contributed by atoms with E-state index in [0.29, 0.717) is 35.2 Å². The summed E-state index contributed by atoms with van der Waals surface area (Å²) in [6, 6.07) is 12.3. The van der Waals surface area contributed by atoms with Gasteiger partial charge in [-0.3, -0.25) is 5.41 Å². The number of allylic oxidation sites excluding steroid dienone is 1.